The minimum atomic E-state index is 0.110. The number of carbonyl (C=O) groups excluding carboxylic acids is 1. The Morgan fingerprint density at radius 3 is 2.64 bits per heavy atom. The van der Waals surface area contributed by atoms with E-state index in [-0.39, 0.29) is 17.9 Å². The number of aromatic amines is 1. The van der Waals surface area contributed by atoms with E-state index < -0.39 is 0 Å². The summed E-state index contributed by atoms with van der Waals surface area (Å²) in [5.41, 5.74) is 2.71. The lowest BCUT2D eigenvalue weighted by atomic mass is 9.87. The maximum atomic E-state index is 13.6. The molecule has 2 aromatic heterocycles. The number of nitrogens with zero attached hydrogens (tertiary/aromatic N) is 3. The highest BCUT2D eigenvalue weighted by Crippen LogP contribution is 2.33. The van der Waals surface area contributed by atoms with Crippen LogP contribution in [0, 0.1) is 5.92 Å². The number of hydrogen-bond acceptors (Lipinski definition) is 3. The molecule has 1 N–H and O–H groups in total. The number of nitrogens with one attached hydrogen (secondary N) is 1. The summed E-state index contributed by atoms with van der Waals surface area (Å²) in [6.45, 7) is 5.24. The summed E-state index contributed by atoms with van der Waals surface area (Å²) < 4.78 is 0. The Kier molecular flexibility index (Phi) is 6.77. The van der Waals surface area contributed by atoms with Gasteiger partial charge in [-0.1, -0.05) is 37.5 Å². The molecule has 3 aromatic rings. The molecule has 1 aliphatic heterocycles. The van der Waals surface area contributed by atoms with Gasteiger partial charge in [0.1, 0.15) is 5.82 Å². The zero-order valence-corrected chi connectivity index (χ0v) is 19.7. The molecular formula is C28H36N4O. The number of amides is 1. The highest BCUT2D eigenvalue weighted by Gasteiger charge is 2.32. The van der Waals surface area contributed by atoms with E-state index in [4.69, 9.17) is 0 Å². The summed E-state index contributed by atoms with van der Waals surface area (Å²) in [6.07, 6.45) is 11.8. The lowest BCUT2D eigenvalue weighted by Gasteiger charge is -2.38. The third-order valence-electron chi connectivity index (χ3n) is 7.71. The average Bonchev–Trinajstić information content (AvgIpc) is 3.35. The number of benzene rings is 1. The van der Waals surface area contributed by atoms with Gasteiger partial charge in [0.2, 0.25) is 5.91 Å². The molecule has 174 valence electrons. The van der Waals surface area contributed by atoms with Gasteiger partial charge in [0.15, 0.2) is 0 Å². The van der Waals surface area contributed by atoms with Crippen LogP contribution in [0.1, 0.15) is 63.4 Å². The van der Waals surface area contributed by atoms with Crippen molar-refractivity contribution in [2.75, 3.05) is 24.5 Å². The molecule has 1 saturated carbocycles. The van der Waals surface area contributed by atoms with Crippen LogP contribution < -0.4 is 4.90 Å². The third-order valence-corrected chi connectivity index (χ3v) is 7.71. The van der Waals surface area contributed by atoms with Gasteiger partial charge < -0.3 is 9.88 Å². The van der Waals surface area contributed by atoms with Crippen LogP contribution in [0.4, 0.5) is 5.82 Å². The predicted molar refractivity (Wildman–Crippen MR) is 134 cm³/mol. The van der Waals surface area contributed by atoms with Gasteiger partial charge in [-0.3, -0.25) is 9.69 Å². The molecule has 3 heterocycles. The average molecular weight is 445 g/mol. The fraction of sp³-hybridized carbons (Fsp3) is 0.500. The lowest BCUT2D eigenvalue weighted by molar-refractivity contribution is -0.123. The first-order valence-corrected chi connectivity index (χ1v) is 12.7. The van der Waals surface area contributed by atoms with Crippen molar-refractivity contribution >= 4 is 22.6 Å². The second-order valence-electron chi connectivity index (χ2n) is 9.94. The monoisotopic (exact) mass is 444 g/mol. The van der Waals surface area contributed by atoms with Gasteiger partial charge >= 0.3 is 0 Å². The van der Waals surface area contributed by atoms with Gasteiger partial charge in [-0.15, -0.1) is 0 Å². The van der Waals surface area contributed by atoms with Crippen molar-refractivity contribution in [2.45, 2.75) is 63.8 Å². The van der Waals surface area contributed by atoms with Crippen LogP contribution in [0.2, 0.25) is 0 Å². The molecule has 0 spiro atoms. The quantitative estimate of drug-likeness (QED) is 0.527. The molecule has 5 nitrogen and oxygen atoms in total. The normalized spacial score (nSPS) is 19.5. The smallest absolute Gasteiger partial charge is 0.231 e. The largest absolute Gasteiger partial charge is 0.361 e. The number of H-pyrrole nitrogens is 1. The van der Waals surface area contributed by atoms with Gasteiger partial charge in [0.05, 0.1) is 0 Å². The molecule has 33 heavy (non-hydrogen) atoms. The molecular weight excluding hydrogens is 408 g/mol. The molecule has 5 rings (SSSR count). The second kappa shape index (κ2) is 10.1. The molecule has 1 atom stereocenters. The number of anilines is 1. The number of fused-ring (bicyclic) bond motifs is 1. The maximum Gasteiger partial charge on any atom is 0.231 e. The Morgan fingerprint density at radius 1 is 1.06 bits per heavy atom. The van der Waals surface area contributed by atoms with Gasteiger partial charge in [0, 0.05) is 41.8 Å². The summed E-state index contributed by atoms with van der Waals surface area (Å²) in [7, 11) is 0. The topological polar surface area (TPSA) is 52.2 Å². The number of likely N-dealkylation sites (tertiary alicyclic amines) is 1. The highest BCUT2D eigenvalue weighted by molar-refractivity contribution is 5.94. The molecule has 1 unspecified atom stereocenters. The molecule has 5 heteroatoms. The summed E-state index contributed by atoms with van der Waals surface area (Å²) in [5.74, 6) is 1.83. The Hall–Kier alpha value is -2.66. The zero-order chi connectivity index (χ0) is 22.6. The molecule has 2 aliphatic rings. The van der Waals surface area contributed by atoms with Crippen LogP contribution in [0.25, 0.3) is 10.9 Å². The van der Waals surface area contributed by atoms with Gasteiger partial charge in [-0.05, 0) is 81.4 Å². The van der Waals surface area contributed by atoms with Gasteiger partial charge in [0.25, 0.3) is 0 Å². The predicted octanol–water partition coefficient (Wildman–Crippen LogP) is 5.74. The molecule has 2 fully saturated rings. The van der Waals surface area contributed by atoms with Crippen LogP contribution in [-0.2, 0) is 4.79 Å². The standard InChI is InChI=1S/C28H36N4O/c1-21(32(27-12-5-6-16-30-27)28(33)23-8-3-2-4-9-23)20-31-18-14-22(15-19-31)24-10-7-11-26-25(24)13-17-29-26/h5-7,10-13,16-17,21-23,29H,2-4,8-9,14-15,18-20H2,1H3. The van der Waals surface area contributed by atoms with Crippen molar-refractivity contribution in [2.24, 2.45) is 5.92 Å². The SMILES string of the molecule is CC(CN1CCC(c2cccc3[nH]ccc23)CC1)N(C(=O)C1CCCCC1)c1ccccn1. The number of aromatic nitrogens is 2. The van der Waals surface area contributed by atoms with Crippen molar-refractivity contribution in [3.05, 3.63) is 60.4 Å². The highest BCUT2D eigenvalue weighted by atomic mass is 16.2. The Morgan fingerprint density at radius 2 is 1.88 bits per heavy atom. The summed E-state index contributed by atoms with van der Waals surface area (Å²) >= 11 is 0. The fourth-order valence-electron chi connectivity index (χ4n) is 5.95. The molecule has 0 bridgehead atoms. The first-order valence-electron chi connectivity index (χ1n) is 12.7. The zero-order valence-electron chi connectivity index (χ0n) is 19.7. The minimum Gasteiger partial charge on any atom is -0.361 e. The molecule has 1 amide bonds. The first-order chi connectivity index (χ1) is 16.2. The van der Waals surface area contributed by atoms with E-state index in [0.717, 1.165) is 51.1 Å². The van der Waals surface area contributed by atoms with E-state index in [1.165, 1.54) is 35.7 Å². The van der Waals surface area contributed by atoms with Gasteiger partial charge in [-0.2, -0.15) is 0 Å². The fourth-order valence-corrected chi connectivity index (χ4v) is 5.95. The van der Waals surface area contributed by atoms with E-state index >= 15 is 0 Å². The number of hydrogen-bond donors (Lipinski definition) is 1. The molecule has 0 radical (unpaired) electrons. The van der Waals surface area contributed by atoms with Gasteiger partial charge in [-0.25, -0.2) is 4.98 Å². The number of pyridine rings is 1. The molecule has 1 aliphatic carbocycles. The van der Waals surface area contributed by atoms with Crippen molar-refractivity contribution in [3.63, 3.8) is 0 Å². The van der Waals surface area contributed by atoms with Crippen LogP contribution in [0.3, 0.4) is 0 Å². The van der Waals surface area contributed by atoms with Crippen molar-refractivity contribution in [1.29, 1.82) is 0 Å². The summed E-state index contributed by atoms with van der Waals surface area (Å²) in [6, 6.07) is 14.8. The van der Waals surface area contributed by atoms with Crippen LogP contribution >= 0.6 is 0 Å². The number of rotatable bonds is 6. The van der Waals surface area contributed by atoms with E-state index in [0.29, 0.717) is 5.92 Å². The van der Waals surface area contributed by atoms with Crippen molar-refractivity contribution in [1.82, 2.24) is 14.9 Å². The summed E-state index contributed by atoms with van der Waals surface area (Å²) in [5, 5.41) is 1.36. The minimum absolute atomic E-state index is 0.110. The van der Waals surface area contributed by atoms with Crippen molar-refractivity contribution < 1.29 is 4.79 Å². The Balaban J connectivity index is 1.25. The first kappa shape index (κ1) is 22.1. The van der Waals surface area contributed by atoms with E-state index in [9.17, 15) is 4.79 Å². The summed E-state index contributed by atoms with van der Waals surface area (Å²) in [4.78, 5) is 26.0. The van der Waals surface area contributed by atoms with Crippen molar-refractivity contribution in [3.8, 4) is 0 Å². The van der Waals surface area contributed by atoms with E-state index in [1.54, 1.807) is 6.20 Å². The van der Waals surface area contributed by atoms with Crippen LogP contribution in [-0.4, -0.2) is 46.5 Å². The van der Waals surface area contributed by atoms with E-state index in [2.05, 4.69) is 46.1 Å². The maximum absolute atomic E-state index is 13.6. The second-order valence-corrected chi connectivity index (χ2v) is 9.94. The molecule has 1 saturated heterocycles. The van der Waals surface area contributed by atoms with Crippen LogP contribution in [0.15, 0.2) is 54.9 Å². The van der Waals surface area contributed by atoms with Crippen LogP contribution in [0.5, 0.6) is 0 Å². The van der Waals surface area contributed by atoms with E-state index in [1.807, 2.05) is 29.3 Å². The third kappa shape index (κ3) is 4.84. The Bertz CT molecular complexity index is 1050. The number of piperidine rings is 1. The molecule has 1 aromatic carbocycles. The lowest BCUT2D eigenvalue weighted by Crippen LogP contribution is -2.49. The number of carbonyl (C=O) groups is 1. The Labute approximate surface area is 197 Å².